The lowest BCUT2D eigenvalue weighted by Crippen LogP contribution is -2.04. The standard InChI is InChI=1S/C16H16ClFO/c1-9-7-14(15(17)8-10(9)2)16(19)13-5-4-12(18)6-11(13)3/h4-8,16,19H,1-3H3. The molecule has 0 aromatic heterocycles. The van der Waals surface area contributed by atoms with Gasteiger partial charge < -0.3 is 5.11 Å². The molecule has 2 aromatic rings. The normalized spacial score (nSPS) is 12.5. The van der Waals surface area contributed by atoms with E-state index in [9.17, 15) is 9.50 Å². The molecule has 19 heavy (non-hydrogen) atoms. The maximum atomic E-state index is 13.1. The Hall–Kier alpha value is -1.38. The van der Waals surface area contributed by atoms with Crippen LogP contribution in [0.15, 0.2) is 30.3 Å². The Kier molecular flexibility index (Phi) is 3.93. The van der Waals surface area contributed by atoms with Crippen LogP contribution in [0.5, 0.6) is 0 Å². The van der Waals surface area contributed by atoms with Crippen LogP contribution in [0.25, 0.3) is 0 Å². The fourth-order valence-corrected chi connectivity index (χ4v) is 2.45. The minimum atomic E-state index is -0.840. The van der Waals surface area contributed by atoms with E-state index >= 15 is 0 Å². The van der Waals surface area contributed by atoms with Crippen molar-refractivity contribution >= 4 is 11.6 Å². The summed E-state index contributed by atoms with van der Waals surface area (Å²) in [5.74, 6) is -0.306. The maximum absolute atomic E-state index is 13.1. The summed E-state index contributed by atoms with van der Waals surface area (Å²) >= 11 is 6.20. The molecule has 0 spiro atoms. The molecule has 100 valence electrons. The van der Waals surface area contributed by atoms with E-state index < -0.39 is 6.10 Å². The zero-order chi connectivity index (χ0) is 14.2. The third kappa shape index (κ3) is 2.80. The molecule has 0 saturated heterocycles. The summed E-state index contributed by atoms with van der Waals surface area (Å²) in [6.45, 7) is 5.72. The van der Waals surface area contributed by atoms with E-state index in [0.717, 1.165) is 11.1 Å². The van der Waals surface area contributed by atoms with Crippen molar-refractivity contribution in [3.63, 3.8) is 0 Å². The van der Waals surface area contributed by atoms with E-state index in [0.29, 0.717) is 21.7 Å². The molecule has 3 heteroatoms. The van der Waals surface area contributed by atoms with Gasteiger partial charge in [-0.25, -0.2) is 4.39 Å². The van der Waals surface area contributed by atoms with Gasteiger partial charge in [0.25, 0.3) is 0 Å². The van der Waals surface area contributed by atoms with Gasteiger partial charge in [0.15, 0.2) is 0 Å². The van der Waals surface area contributed by atoms with E-state index in [1.165, 1.54) is 12.1 Å². The fraction of sp³-hybridized carbons (Fsp3) is 0.250. The van der Waals surface area contributed by atoms with Crippen LogP contribution < -0.4 is 0 Å². The molecule has 1 atom stereocenters. The van der Waals surface area contributed by atoms with Crippen LogP contribution in [0.2, 0.25) is 5.02 Å². The van der Waals surface area contributed by atoms with Crippen LogP contribution in [0.4, 0.5) is 4.39 Å². The highest BCUT2D eigenvalue weighted by molar-refractivity contribution is 6.31. The van der Waals surface area contributed by atoms with Crippen molar-refractivity contribution in [1.29, 1.82) is 0 Å². The van der Waals surface area contributed by atoms with E-state index in [1.54, 1.807) is 13.0 Å². The van der Waals surface area contributed by atoms with E-state index in [4.69, 9.17) is 11.6 Å². The van der Waals surface area contributed by atoms with Crippen molar-refractivity contribution in [3.05, 3.63) is 69.0 Å². The van der Waals surface area contributed by atoms with E-state index in [2.05, 4.69) is 0 Å². The molecule has 0 aliphatic carbocycles. The third-order valence-electron chi connectivity index (χ3n) is 3.43. The van der Waals surface area contributed by atoms with Gasteiger partial charge in [-0.05, 0) is 61.2 Å². The van der Waals surface area contributed by atoms with Crippen LogP contribution in [0.1, 0.15) is 33.9 Å². The molecule has 2 rings (SSSR count). The van der Waals surface area contributed by atoms with Crippen molar-refractivity contribution in [2.45, 2.75) is 26.9 Å². The Labute approximate surface area is 117 Å². The largest absolute Gasteiger partial charge is 0.384 e. The summed E-state index contributed by atoms with van der Waals surface area (Å²) in [7, 11) is 0. The molecule has 0 aliphatic heterocycles. The molecule has 0 saturated carbocycles. The predicted octanol–water partition coefficient (Wildman–Crippen LogP) is 4.49. The lowest BCUT2D eigenvalue weighted by Gasteiger charge is -2.17. The van der Waals surface area contributed by atoms with Crippen LogP contribution in [0.3, 0.4) is 0 Å². The molecule has 0 radical (unpaired) electrons. The molecular weight excluding hydrogens is 263 g/mol. The van der Waals surface area contributed by atoms with Gasteiger partial charge in [-0.15, -0.1) is 0 Å². The maximum Gasteiger partial charge on any atom is 0.123 e. The highest BCUT2D eigenvalue weighted by Crippen LogP contribution is 2.32. The van der Waals surface area contributed by atoms with Crippen LogP contribution >= 0.6 is 11.6 Å². The van der Waals surface area contributed by atoms with Crippen molar-refractivity contribution in [1.82, 2.24) is 0 Å². The second kappa shape index (κ2) is 5.32. The second-order valence-corrected chi connectivity index (χ2v) is 5.27. The first-order chi connectivity index (χ1) is 8.90. The van der Waals surface area contributed by atoms with E-state index in [-0.39, 0.29) is 5.82 Å². The monoisotopic (exact) mass is 278 g/mol. The molecule has 0 bridgehead atoms. The highest BCUT2D eigenvalue weighted by atomic mass is 35.5. The number of halogens is 2. The first-order valence-corrected chi connectivity index (χ1v) is 6.48. The van der Waals surface area contributed by atoms with Gasteiger partial charge in [0.1, 0.15) is 11.9 Å². The highest BCUT2D eigenvalue weighted by Gasteiger charge is 2.17. The molecular formula is C16H16ClFO. The van der Waals surface area contributed by atoms with Gasteiger partial charge in [0, 0.05) is 10.6 Å². The Morgan fingerprint density at radius 2 is 1.58 bits per heavy atom. The van der Waals surface area contributed by atoms with Gasteiger partial charge in [-0.3, -0.25) is 0 Å². The predicted molar refractivity (Wildman–Crippen MR) is 76.1 cm³/mol. The SMILES string of the molecule is Cc1cc(Cl)c(C(O)c2ccc(F)cc2C)cc1C. The number of hydrogen-bond donors (Lipinski definition) is 1. The first-order valence-electron chi connectivity index (χ1n) is 6.11. The van der Waals surface area contributed by atoms with Crippen molar-refractivity contribution in [2.24, 2.45) is 0 Å². The molecule has 0 fully saturated rings. The number of aliphatic hydroxyl groups excluding tert-OH is 1. The number of rotatable bonds is 2. The van der Waals surface area contributed by atoms with Crippen molar-refractivity contribution in [3.8, 4) is 0 Å². The summed E-state index contributed by atoms with van der Waals surface area (Å²) in [6.07, 6.45) is -0.840. The van der Waals surface area contributed by atoms with Gasteiger partial charge in [0.2, 0.25) is 0 Å². The minimum absolute atomic E-state index is 0.306. The lowest BCUT2D eigenvalue weighted by atomic mass is 9.95. The van der Waals surface area contributed by atoms with Crippen molar-refractivity contribution < 1.29 is 9.50 Å². The number of hydrogen-bond acceptors (Lipinski definition) is 1. The zero-order valence-corrected chi connectivity index (χ0v) is 11.9. The summed E-state index contributed by atoms with van der Waals surface area (Å²) in [4.78, 5) is 0. The summed E-state index contributed by atoms with van der Waals surface area (Å²) < 4.78 is 13.1. The number of benzene rings is 2. The van der Waals surface area contributed by atoms with E-state index in [1.807, 2.05) is 26.0 Å². The van der Waals surface area contributed by atoms with Gasteiger partial charge in [0.05, 0.1) is 0 Å². The van der Waals surface area contributed by atoms with Gasteiger partial charge >= 0.3 is 0 Å². The topological polar surface area (TPSA) is 20.2 Å². The Morgan fingerprint density at radius 1 is 0.947 bits per heavy atom. The number of aliphatic hydroxyl groups is 1. The molecule has 1 N–H and O–H groups in total. The molecule has 2 aromatic carbocycles. The Bertz CT molecular complexity index is 622. The summed E-state index contributed by atoms with van der Waals surface area (Å²) in [5, 5.41) is 11.0. The summed E-state index contributed by atoms with van der Waals surface area (Å²) in [5.41, 5.74) is 4.18. The average Bonchev–Trinajstić information content (AvgIpc) is 2.33. The molecule has 1 nitrogen and oxygen atoms in total. The Balaban J connectivity index is 2.49. The minimum Gasteiger partial charge on any atom is -0.384 e. The van der Waals surface area contributed by atoms with Gasteiger partial charge in [-0.2, -0.15) is 0 Å². The lowest BCUT2D eigenvalue weighted by molar-refractivity contribution is 0.219. The molecule has 0 heterocycles. The van der Waals surface area contributed by atoms with Crippen LogP contribution in [0, 0.1) is 26.6 Å². The Morgan fingerprint density at radius 3 is 2.21 bits per heavy atom. The van der Waals surface area contributed by atoms with Crippen molar-refractivity contribution in [2.75, 3.05) is 0 Å². The van der Waals surface area contributed by atoms with Crippen LogP contribution in [-0.4, -0.2) is 5.11 Å². The number of aryl methyl sites for hydroxylation is 3. The second-order valence-electron chi connectivity index (χ2n) is 4.86. The molecule has 0 amide bonds. The zero-order valence-electron chi connectivity index (χ0n) is 11.2. The first kappa shape index (κ1) is 14.0. The fourth-order valence-electron chi connectivity index (χ4n) is 2.13. The quantitative estimate of drug-likeness (QED) is 0.858. The van der Waals surface area contributed by atoms with Crippen LogP contribution in [-0.2, 0) is 0 Å². The smallest absolute Gasteiger partial charge is 0.123 e. The molecule has 1 unspecified atom stereocenters. The average molecular weight is 279 g/mol. The third-order valence-corrected chi connectivity index (χ3v) is 3.76. The molecule has 0 aliphatic rings. The summed E-state index contributed by atoms with van der Waals surface area (Å²) in [6, 6.07) is 8.08. The van der Waals surface area contributed by atoms with Gasteiger partial charge in [-0.1, -0.05) is 23.7 Å².